The number of amides is 1. The van der Waals surface area contributed by atoms with Crippen LogP contribution in [0.25, 0.3) is 5.69 Å². The molecule has 0 spiro atoms. The first-order valence-electron chi connectivity index (χ1n) is 7.29. The van der Waals surface area contributed by atoms with E-state index in [9.17, 15) is 4.79 Å². The highest BCUT2D eigenvalue weighted by atomic mass is 16.2. The molecule has 3 rings (SSSR count). The molecule has 5 nitrogen and oxygen atoms in total. The number of aromatic nitrogens is 3. The van der Waals surface area contributed by atoms with Crippen molar-refractivity contribution in [1.82, 2.24) is 19.7 Å². The third kappa shape index (κ3) is 2.68. The first-order chi connectivity index (χ1) is 10.1. The lowest BCUT2D eigenvalue weighted by Crippen LogP contribution is -2.31. The van der Waals surface area contributed by atoms with Crippen LogP contribution in [0, 0.1) is 11.8 Å². The summed E-state index contributed by atoms with van der Waals surface area (Å²) in [7, 11) is 1.89. The van der Waals surface area contributed by atoms with Gasteiger partial charge in [-0.05, 0) is 37.0 Å². The van der Waals surface area contributed by atoms with Gasteiger partial charge in [0.2, 0.25) is 5.91 Å². The van der Waals surface area contributed by atoms with E-state index in [1.165, 1.54) is 6.33 Å². The monoisotopic (exact) mass is 284 g/mol. The number of carbonyl (C=O) groups is 1. The average Bonchev–Trinajstić information content (AvgIpc) is 3.02. The van der Waals surface area contributed by atoms with E-state index in [1.807, 2.05) is 36.2 Å². The maximum absolute atomic E-state index is 12.3. The van der Waals surface area contributed by atoms with Crippen molar-refractivity contribution in [3.05, 3.63) is 42.5 Å². The van der Waals surface area contributed by atoms with Crippen LogP contribution in [0.15, 0.2) is 36.9 Å². The van der Waals surface area contributed by atoms with Crippen LogP contribution in [0.4, 0.5) is 0 Å². The summed E-state index contributed by atoms with van der Waals surface area (Å²) in [5.41, 5.74) is 2.09. The van der Waals surface area contributed by atoms with Crippen molar-refractivity contribution < 1.29 is 4.79 Å². The molecular formula is C16H20N4O. The minimum atomic E-state index is 0.0788. The molecule has 1 fully saturated rings. The Kier molecular flexibility index (Phi) is 3.49. The zero-order valence-corrected chi connectivity index (χ0v) is 12.6. The molecule has 1 aliphatic rings. The Morgan fingerprint density at radius 1 is 1.38 bits per heavy atom. The van der Waals surface area contributed by atoms with Crippen LogP contribution in [0.3, 0.4) is 0 Å². The lowest BCUT2D eigenvalue weighted by atomic mass is 10.1. The molecule has 1 aliphatic carbocycles. The number of rotatable bonds is 4. The van der Waals surface area contributed by atoms with Gasteiger partial charge in [-0.1, -0.05) is 19.1 Å². The molecule has 1 aromatic heterocycles. The summed E-state index contributed by atoms with van der Waals surface area (Å²) in [5, 5.41) is 4.11. The molecular weight excluding hydrogens is 264 g/mol. The highest BCUT2D eigenvalue weighted by Crippen LogP contribution is 2.40. The molecule has 0 radical (unpaired) electrons. The van der Waals surface area contributed by atoms with Crippen molar-refractivity contribution in [3.63, 3.8) is 0 Å². The quantitative estimate of drug-likeness (QED) is 0.866. The Labute approximate surface area is 124 Å². The smallest absolute Gasteiger partial charge is 0.226 e. The summed E-state index contributed by atoms with van der Waals surface area (Å²) in [6, 6.07) is 8.16. The van der Waals surface area contributed by atoms with E-state index in [1.54, 1.807) is 11.0 Å². The fourth-order valence-electron chi connectivity index (χ4n) is 2.59. The predicted molar refractivity (Wildman–Crippen MR) is 79.8 cm³/mol. The second-order valence-corrected chi connectivity index (χ2v) is 5.88. The Morgan fingerprint density at radius 2 is 2.05 bits per heavy atom. The molecule has 21 heavy (non-hydrogen) atoms. The van der Waals surface area contributed by atoms with Gasteiger partial charge in [0.15, 0.2) is 0 Å². The van der Waals surface area contributed by atoms with E-state index in [4.69, 9.17) is 0 Å². The van der Waals surface area contributed by atoms with Crippen molar-refractivity contribution in [2.75, 3.05) is 7.05 Å². The maximum Gasteiger partial charge on any atom is 0.226 e. The topological polar surface area (TPSA) is 51.0 Å². The van der Waals surface area contributed by atoms with Crippen LogP contribution in [0.1, 0.15) is 31.9 Å². The molecule has 110 valence electrons. The molecule has 0 bridgehead atoms. The molecule has 0 saturated heterocycles. The summed E-state index contributed by atoms with van der Waals surface area (Å²) in [6.45, 7) is 4.20. The molecule has 5 heteroatoms. The van der Waals surface area contributed by atoms with Crippen molar-refractivity contribution in [3.8, 4) is 5.69 Å². The van der Waals surface area contributed by atoms with E-state index in [0.717, 1.165) is 17.7 Å². The number of nitrogens with zero attached hydrogens (tertiary/aromatic N) is 4. The number of carbonyl (C=O) groups excluding carboxylic acids is 1. The van der Waals surface area contributed by atoms with Crippen molar-refractivity contribution >= 4 is 5.91 Å². The van der Waals surface area contributed by atoms with Gasteiger partial charge >= 0.3 is 0 Å². The highest BCUT2D eigenvalue weighted by Gasteiger charge is 2.41. The van der Waals surface area contributed by atoms with Gasteiger partial charge < -0.3 is 4.90 Å². The first kappa shape index (κ1) is 13.8. The van der Waals surface area contributed by atoms with Crippen molar-refractivity contribution in [2.24, 2.45) is 11.8 Å². The van der Waals surface area contributed by atoms with Crippen LogP contribution in [0.5, 0.6) is 0 Å². The number of hydrogen-bond donors (Lipinski definition) is 0. The maximum atomic E-state index is 12.3. The predicted octanol–water partition coefficient (Wildman–Crippen LogP) is 2.44. The SMILES string of the molecule is C[C@@H]1C[C@H]1C(=O)N(C)[C@@H](C)c1ccc(-n2cncn2)cc1. The fourth-order valence-corrected chi connectivity index (χ4v) is 2.59. The lowest BCUT2D eigenvalue weighted by Gasteiger charge is -2.25. The minimum Gasteiger partial charge on any atom is -0.339 e. The van der Waals surface area contributed by atoms with Crippen LogP contribution in [-0.2, 0) is 4.79 Å². The van der Waals surface area contributed by atoms with Gasteiger partial charge in [0.25, 0.3) is 0 Å². The molecule has 0 N–H and O–H groups in total. The molecule has 1 heterocycles. The largest absolute Gasteiger partial charge is 0.339 e. The third-order valence-electron chi connectivity index (χ3n) is 4.41. The van der Waals surface area contributed by atoms with Crippen LogP contribution < -0.4 is 0 Å². The van der Waals surface area contributed by atoms with E-state index in [-0.39, 0.29) is 17.9 Å². The molecule has 3 atom stereocenters. The second kappa shape index (κ2) is 5.31. The molecule has 1 aromatic carbocycles. The first-order valence-corrected chi connectivity index (χ1v) is 7.29. The standard InChI is InChI=1S/C16H20N4O/c1-11-8-15(11)16(21)19(3)12(2)13-4-6-14(7-5-13)20-10-17-9-18-20/h4-7,9-12,15H,8H2,1-3H3/t11-,12+,15-/m1/s1. The fraction of sp³-hybridized carbons (Fsp3) is 0.438. The van der Waals surface area contributed by atoms with E-state index < -0.39 is 0 Å². The Hall–Kier alpha value is -2.17. The molecule has 0 aliphatic heterocycles. The zero-order valence-electron chi connectivity index (χ0n) is 12.6. The Balaban J connectivity index is 1.72. The van der Waals surface area contributed by atoms with E-state index in [0.29, 0.717) is 5.92 Å². The van der Waals surface area contributed by atoms with Crippen molar-refractivity contribution in [1.29, 1.82) is 0 Å². The molecule has 1 amide bonds. The highest BCUT2D eigenvalue weighted by molar-refractivity contribution is 5.81. The molecule has 0 unspecified atom stereocenters. The van der Waals surface area contributed by atoms with Gasteiger partial charge in [0, 0.05) is 13.0 Å². The second-order valence-electron chi connectivity index (χ2n) is 5.88. The third-order valence-corrected chi connectivity index (χ3v) is 4.41. The van der Waals surface area contributed by atoms with E-state index >= 15 is 0 Å². The summed E-state index contributed by atoms with van der Waals surface area (Å²) < 4.78 is 1.72. The van der Waals surface area contributed by atoms with E-state index in [2.05, 4.69) is 23.9 Å². The molecule has 1 saturated carbocycles. The average molecular weight is 284 g/mol. The van der Waals surface area contributed by atoms with Gasteiger partial charge in [-0.3, -0.25) is 4.79 Å². The zero-order chi connectivity index (χ0) is 15.0. The van der Waals surface area contributed by atoms with Gasteiger partial charge in [-0.15, -0.1) is 0 Å². The normalized spacial score (nSPS) is 21.9. The Morgan fingerprint density at radius 3 is 2.57 bits per heavy atom. The van der Waals surface area contributed by atoms with Crippen LogP contribution in [0.2, 0.25) is 0 Å². The Bertz CT molecular complexity index is 620. The van der Waals surface area contributed by atoms with Gasteiger partial charge in [-0.2, -0.15) is 5.10 Å². The summed E-state index contributed by atoms with van der Waals surface area (Å²) in [4.78, 5) is 18.1. The van der Waals surface area contributed by atoms with Gasteiger partial charge in [-0.25, -0.2) is 9.67 Å². The summed E-state index contributed by atoms with van der Waals surface area (Å²) >= 11 is 0. The number of benzene rings is 1. The van der Waals surface area contributed by atoms with Crippen molar-refractivity contribution in [2.45, 2.75) is 26.3 Å². The lowest BCUT2D eigenvalue weighted by molar-refractivity contribution is -0.133. The van der Waals surface area contributed by atoms with Crippen LogP contribution >= 0.6 is 0 Å². The minimum absolute atomic E-state index is 0.0788. The molecule has 2 aromatic rings. The van der Waals surface area contributed by atoms with Crippen LogP contribution in [-0.4, -0.2) is 32.6 Å². The van der Waals surface area contributed by atoms with Gasteiger partial charge in [0.05, 0.1) is 11.7 Å². The summed E-state index contributed by atoms with van der Waals surface area (Å²) in [6.07, 6.45) is 4.21. The van der Waals surface area contributed by atoms with Gasteiger partial charge in [0.1, 0.15) is 12.7 Å². The number of hydrogen-bond acceptors (Lipinski definition) is 3. The summed E-state index contributed by atoms with van der Waals surface area (Å²) in [5.74, 6) is 1.03.